The monoisotopic (exact) mass is 502 g/mol. The predicted molar refractivity (Wildman–Crippen MR) is 139 cm³/mol. The fraction of sp³-hybridized carbons (Fsp3) is 0.481. The van der Waals surface area contributed by atoms with Crippen molar-refractivity contribution in [3.8, 4) is 5.75 Å². The smallest absolute Gasteiger partial charge is 0.242 e. The molecule has 5 nitrogen and oxygen atoms in total. The molecular weight excluding hydrogens is 468 g/mol. The number of hydrogen-bond donors (Lipinski definition) is 1. The van der Waals surface area contributed by atoms with Gasteiger partial charge in [0.05, 0.1) is 7.11 Å². The first kappa shape index (κ1) is 26.4. The molecule has 1 aliphatic carbocycles. The highest BCUT2D eigenvalue weighted by Gasteiger charge is 2.27. The van der Waals surface area contributed by atoms with E-state index >= 15 is 0 Å². The zero-order chi connectivity index (χ0) is 24.3. The van der Waals surface area contributed by atoms with Gasteiger partial charge in [-0.15, -0.1) is 11.8 Å². The van der Waals surface area contributed by atoms with Crippen molar-refractivity contribution in [3.05, 3.63) is 59.1 Å². The third-order valence-corrected chi connectivity index (χ3v) is 7.60. The summed E-state index contributed by atoms with van der Waals surface area (Å²) in [6.45, 7) is 2.23. The summed E-state index contributed by atoms with van der Waals surface area (Å²) in [5.41, 5.74) is 0.974. The summed E-state index contributed by atoms with van der Waals surface area (Å²) in [7, 11) is 1.63. The molecule has 0 radical (unpaired) electrons. The highest BCUT2D eigenvalue weighted by Crippen LogP contribution is 2.23. The van der Waals surface area contributed by atoms with Crippen LogP contribution in [-0.4, -0.2) is 41.7 Å². The Hall–Kier alpha value is -2.18. The van der Waals surface area contributed by atoms with E-state index in [0.29, 0.717) is 18.0 Å². The summed E-state index contributed by atoms with van der Waals surface area (Å²) in [6.07, 6.45) is 6.72. The van der Waals surface area contributed by atoms with Crippen molar-refractivity contribution in [1.82, 2.24) is 10.2 Å². The van der Waals surface area contributed by atoms with Crippen LogP contribution in [-0.2, 0) is 16.1 Å². The molecule has 0 aliphatic heterocycles. The Balaban J connectivity index is 1.60. The van der Waals surface area contributed by atoms with Gasteiger partial charge in [-0.2, -0.15) is 0 Å². The number of methoxy groups -OCH3 is 1. The van der Waals surface area contributed by atoms with Crippen LogP contribution in [0.5, 0.6) is 5.75 Å². The first-order chi connectivity index (χ1) is 16.5. The molecule has 1 N–H and O–H groups in total. The number of benzene rings is 2. The summed E-state index contributed by atoms with van der Waals surface area (Å²) in [5.74, 6) is 1.53. The molecule has 2 amide bonds. The highest BCUT2D eigenvalue weighted by molar-refractivity contribution is 7.99. The average Bonchev–Trinajstić information content (AvgIpc) is 2.86. The molecule has 7 heteroatoms. The molecule has 0 saturated heterocycles. The third-order valence-electron chi connectivity index (χ3n) is 6.25. The highest BCUT2D eigenvalue weighted by atomic mass is 35.5. The normalized spacial score (nSPS) is 14.9. The maximum absolute atomic E-state index is 13.3. The molecule has 2 aromatic rings. The van der Waals surface area contributed by atoms with Crippen molar-refractivity contribution in [3.63, 3.8) is 0 Å². The quantitative estimate of drug-likeness (QED) is 0.298. The van der Waals surface area contributed by atoms with Crippen molar-refractivity contribution < 1.29 is 14.3 Å². The predicted octanol–water partition coefficient (Wildman–Crippen LogP) is 6.09. The lowest BCUT2D eigenvalue weighted by Crippen LogP contribution is -2.50. The molecule has 3 rings (SSSR count). The molecule has 1 aliphatic rings. The summed E-state index contributed by atoms with van der Waals surface area (Å²) < 4.78 is 5.25. The first-order valence-corrected chi connectivity index (χ1v) is 13.4. The molecule has 1 saturated carbocycles. The van der Waals surface area contributed by atoms with E-state index in [-0.39, 0.29) is 17.9 Å². The number of thioether (sulfide) groups is 1. The van der Waals surface area contributed by atoms with Crippen LogP contribution in [0.4, 0.5) is 0 Å². The van der Waals surface area contributed by atoms with Crippen molar-refractivity contribution >= 4 is 35.2 Å². The van der Waals surface area contributed by atoms with E-state index in [0.717, 1.165) is 54.1 Å². The second-order valence-corrected chi connectivity index (χ2v) is 10.4. The van der Waals surface area contributed by atoms with Crippen molar-refractivity contribution in [1.29, 1.82) is 0 Å². The summed E-state index contributed by atoms with van der Waals surface area (Å²) >= 11 is 7.66. The van der Waals surface area contributed by atoms with Gasteiger partial charge in [-0.3, -0.25) is 9.59 Å². The van der Waals surface area contributed by atoms with E-state index in [4.69, 9.17) is 16.3 Å². The molecule has 34 heavy (non-hydrogen) atoms. The maximum Gasteiger partial charge on any atom is 0.242 e. The second kappa shape index (κ2) is 13.6. The van der Waals surface area contributed by atoms with E-state index in [1.54, 1.807) is 23.8 Å². The van der Waals surface area contributed by atoms with E-state index in [1.807, 2.05) is 55.5 Å². The van der Waals surface area contributed by atoms with Gasteiger partial charge in [-0.05, 0) is 73.9 Å². The summed E-state index contributed by atoms with van der Waals surface area (Å²) in [4.78, 5) is 29.2. The molecule has 0 aromatic heterocycles. The van der Waals surface area contributed by atoms with Crippen molar-refractivity contribution in [2.75, 3.05) is 12.9 Å². The Morgan fingerprint density at radius 2 is 1.76 bits per heavy atom. The summed E-state index contributed by atoms with van der Waals surface area (Å²) in [6, 6.07) is 15.1. The second-order valence-electron chi connectivity index (χ2n) is 8.80. The van der Waals surface area contributed by atoms with E-state index in [1.165, 1.54) is 6.42 Å². The van der Waals surface area contributed by atoms with Gasteiger partial charge in [0, 0.05) is 28.9 Å². The van der Waals surface area contributed by atoms with Gasteiger partial charge in [0.15, 0.2) is 0 Å². The number of hydrogen-bond acceptors (Lipinski definition) is 4. The lowest BCUT2D eigenvalue weighted by molar-refractivity contribution is -0.141. The van der Waals surface area contributed by atoms with Gasteiger partial charge in [0.2, 0.25) is 11.8 Å². The number of rotatable bonds is 11. The van der Waals surface area contributed by atoms with Crippen LogP contribution in [0.1, 0.15) is 57.4 Å². The van der Waals surface area contributed by atoms with E-state index in [9.17, 15) is 9.59 Å². The number of ether oxygens (including phenoxy) is 1. The Bertz CT molecular complexity index is 914. The van der Waals surface area contributed by atoms with E-state index < -0.39 is 6.04 Å². The van der Waals surface area contributed by atoms with Crippen LogP contribution >= 0.6 is 23.4 Å². The molecular formula is C27H35ClN2O3S. The van der Waals surface area contributed by atoms with Crippen LogP contribution in [0.25, 0.3) is 0 Å². The average molecular weight is 503 g/mol. The molecule has 1 unspecified atom stereocenters. The van der Waals surface area contributed by atoms with Gasteiger partial charge in [0.25, 0.3) is 0 Å². The van der Waals surface area contributed by atoms with Crippen LogP contribution in [0.15, 0.2) is 53.4 Å². The molecule has 1 fully saturated rings. The number of nitrogens with zero attached hydrogens (tertiary/aromatic N) is 1. The largest absolute Gasteiger partial charge is 0.497 e. The van der Waals surface area contributed by atoms with Crippen LogP contribution < -0.4 is 10.1 Å². The van der Waals surface area contributed by atoms with Crippen LogP contribution in [0.3, 0.4) is 0 Å². The number of carbonyl (C=O) groups excluding carboxylic acids is 2. The number of halogens is 1. The Labute approximate surface area is 212 Å². The van der Waals surface area contributed by atoms with Gasteiger partial charge >= 0.3 is 0 Å². The molecule has 0 bridgehead atoms. The van der Waals surface area contributed by atoms with E-state index in [2.05, 4.69) is 5.32 Å². The topological polar surface area (TPSA) is 58.6 Å². The molecule has 1 atom stereocenters. The summed E-state index contributed by atoms with van der Waals surface area (Å²) in [5, 5.41) is 3.90. The van der Waals surface area contributed by atoms with Crippen LogP contribution in [0, 0.1) is 0 Å². The number of carbonyl (C=O) groups is 2. The van der Waals surface area contributed by atoms with Crippen molar-refractivity contribution in [2.24, 2.45) is 0 Å². The molecule has 184 valence electrons. The Kier molecular flexibility index (Phi) is 10.6. The minimum absolute atomic E-state index is 0.00109. The third kappa shape index (κ3) is 8.24. The Morgan fingerprint density at radius 1 is 1.09 bits per heavy atom. The zero-order valence-electron chi connectivity index (χ0n) is 20.1. The van der Waals surface area contributed by atoms with Gasteiger partial charge < -0.3 is 15.0 Å². The Morgan fingerprint density at radius 3 is 2.41 bits per heavy atom. The van der Waals surface area contributed by atoms with Crippen LogP contribution in [0.2, 0.25) is 5.02 Å². The molecule has 0 heterocycles. The molecule has 0 spiro atoms. The standard InChI is InChI=1S/C27H35ClN2O3S/c1-20(27(32)29-23-7-4-3-5-8-23)30(19-21-10-14-24(33-2)15-11-21)26(31)9-6-18-34-25-16-12-22(28)13-17-25/h10-17,20,23H,3-9,18-19H2,1-2H3,(H,29,32). The maximum atomic E-state index is 13.3. The number of nitrogens with one attached hydrogen (secondary N) is 1. The lowest BCUT2D eigenvalue weighted by atomic mass is 9.95. The lowest BCUT2D eigenvalue weighted by Gasteiger charge is -2.31. The first-order valence-electron chi connectivity index (χ1n) is 12.1. The van der Waals surface area contributed by atoms with Gasteiger partial charge in [0.1, 0.15) is 11.8 Å². The SMILES string of the molecule is COc1ccc(CN(C(=O)CCCSc2ccc(Cl)cc2)C(C)C(=O)NC2CCCCC2)cc1. The fourth-order valence-electron chi connectivity index (χ4n) is 4.17. The zero-order valence-corrected chi connectivity index (χ0v) is 21.7. The minimum Gasteiger partial charge on any atom is -0.497 e. The van der Waals surface area contributed by atoms with Crippen molar-refractivity contribution in [2.45, 2.75) is 75.4 Å². The number of amides is 2. The van der Waals surface area contributed by atoms with Gasteiger partial charge in [-0.25, -0.2) is 0 Å². The fourth-order valence-corrected chi connectivity index (χ4v) is 5.15. The van der Waals surface area contributed by atoms with Gasteiger partial charge in [-0.1, -0.05) is 43.0 Å². The minimum atomic E-state index is -0.527. The molecule has 2 aromatic carbocycles.